The zero-order valence-electron chi connectivity index (χ0n) is 23.1. The fourth-order valence-corrected chi connectivity index (χ4v) is 4.85. The molecule has 0 amide bonds. The fourth-order valence-electron chi connectivity index (χ4n) is 4.85. The molecule has 0 heterocycles. The van der Waals surface area contributed by atoms with E-state index >= 15 is 0 Å². The first-order chi connectivity index (χ1) is 16.3. The topological polar surface area (TPSA) is 61.3 Å². The van der Waals surface area contributed by atoms with Gasteiger partial charge in [0, 0.05) is 19.3 Å². The molecule has 0 aliphatic carbocycles. The molecule has 0 bridgehead atoms. The largest absolute Gasteiger partial charge is 0.381 e. The first kappa shape index (κ1) is 32.9. The van der Waals surface area contributed by atoms with Crippen LogP contribution in [0.2, 0.25) is 0 Å². The van der Waals surface area contributed by atoms with E-state index in [0.717, 1.165) is 32.6 Å². The van der Waals surface area contributed by atoms with Crippen molar-refractivity contribution in [1.29, 1.82) is 0 Å². The highest BCUT2D eigenvalue weighted by molar-refractivity contribution is 4.74. The molecule has 3 heteroatoms. The Bertz CT molecular complexity index is 350. The summed E-state index contributed by atoms with van der Waals surface area (Å²) >= 11 is 0. The summed E-state index contributed by atoms with van der Waals surface area (Å²) in [7, 11) is 0. The predicted octanol–water partition coefficient (Wildman–Crippen LogP) is 8.92. The van der Waals surface area contributed by atoms with Crippen molar-refractivity contribution in [1.82, 2.24) is 0 Å². The standard InChI is InChI=1S/C30H64N2O/c1-3-5-7-9-11-13-14-15-16-18-20-22-26-33-27-23-25-30(32)29(28-31)24-21-19-17-12-10-8-6-4-2/h29-30H,3-28,31-32H2,1-2H3. The van der Waals surface area contributed by atoms with Gasteiger partial charge in [-0.2, -0.15) is 0 Å². The molecule has 0 saturated carbocycles. The minimum atomic E-state index is 0.245. The Morgan fingerprint density at radius 3 is 1.33 bits per heavy atom. The van der Waals surface area contributed by atoms with E-state index in [1.807, 2.05) is 0 Å². The molecular weight excluding hydrogens is 404 g/mol. The van der Waals surface area contributed by atoms with Crippen molar-refractivity contribution in [3.05, 3.63) is 0 Å². The number of rotatable bonds is 28. The Morgan fingerprint density at radius 2 is 0.879 bits per heavy atom. The molecule has 0 saturated heterocycles. The van der Waals surface area contributed by atoms with Gasteiger partial charge < -0.3 is 16.2 Å². The lowest BCUT2D eigenvalue weighted by Crippen LogP contribution is -2.35. The highest BCUT2D eigenvalue weighted by Gasteiger charge is 2.15. The van der Waals surface area contributed by atoms with Gasteiger partial charge in [0.2, 0.25) is 0 Å². The molecule has 200 valence electrons. The monoisotopic (exact) mass is 469 g/mol. The first-order valence-electron chi connectivity index (χ1n) is 15.3. The van der Waals surface area contributed by atoms with E-state index in [1.165, 1.54) is 135 Å². The van der Waals surface area contributed by atoms with Crippen molar-refractivity contribution < 1.29 is 4.74 Å². The highest BCUT2D eigenvalue weighted by Crippen LogP contribution is 2.17. The van der Waals surface area contributed by atoms with E-state index in [4.69, 9.17) is 16.2 Å². The molecular formula is C30H64N2O. The van der Waals surface area contributed by atoms with Crippen LogP contribution in [0.5, 0.6) is 0 Å². The fraction of sp³-hybridized carbons (Fsp3) is 1.00. The average Bonchev–Trinajstić information content (AvgIpc) is 2.82. The number of hydrogen-bond donors (Lipinski definition) is 2. The van der Waals surface area contributed by atoms with Crippen LogP contribution in [0.4, 0.5) is 0 Å². The molecule has 0 rings (SSSR count). The van der Waals surface area contributed by atoms with Gasteiger partial charge in [-0.15, -0.1) is 0 Å². The van der Waals surface area contributed by atoms with Crippen molar-refractivity contribution in [3.8, 4) is 0 Å². The smallest absolute Gasteiger partial charge is 0.0466 e. The summed E-state index contributed by atoms with van der Waals surface area (Å²) < 4.78 is 5.86. The third kappa shape index (κ3) is 24.8. The highest BCUT2D eigenvalue weighted by atomic mass is 16.5. The lowest BCUT2D eigenvalue weighted by atomic mass is 9.91. The lowest BCUT2D eigenvalue weighted by molar-refractivity contribution is 0.123. The second-order valence-corrected chi connectivity index (χ2v) is 10.6. The molecule has 2 atom stereocenters. The van der Waals surface area contributed by atoms with Crippen LogP contribution in [-0.4, -0.2) is 25.8 Å². The van der Waals surface area contributed by atoms with Crippen LogP contribution in [0.25, 0.3) is 0 Å². The Hall–Kier alpha value is -0.120. The lowest BCUT2D eigenvalue weighted by Gasteiger charge is -2.22. The summed E-state index contributed by atoms with van der Waals surface area (Å²) in [5, 5.41) is 0. The minimum absolute atomic E-state index is 0.245. The van der Waals surface area contributed by atoms with E-state index in [2.05, 4.69) is 13.8 Å². The summed E-state index contributed by atoms with van der Waals surface area (Å²) in [5.74, 6) is 0.487. The molecule has 0 aromatic heterocycles. The van der Waals surface area contributed by atoms with Gasteiger partial charge in [-0.1, -0.05) is 136 Å². The summed E-state index contributed by atoms with van der Waals surface area (Å²) in [4.78, 5) is 0. The maximum Gasteiger partial charge on any atom is 0.0466 e. The van der Waals surface area contributed by atoms with Crippen LogP contribution in [0.1, 0.15) is 162 Å². The molecule has 3 nitrogen and oxygen atoms in total. The molecule has 0 radical (unpaired) electrons. The third-order valence-electron chi connectivity index (χ3n) is 7.31. The van der Waals surface area contributed by atoms with Crippen LogP contribution < -0.4 is 11.5 Å². The zero-order chi connectivity index (χ0) is 24.2. The number of nitrogens with two attached hydrogens (primary N) is 2. The van der Waals surface area contributed by atoms with Crippen LogP contribution in [0, 0.1) is 5.92 Å². The van der Waals surface area contributed by atoms with Crippen molar-refractivity contribution in [2.75, 3.05) is 19.8 Å². The number of ether oxygens (including phenoxy) is 1. The molecule has 2 unspecified atom stereocenters. The number of hydrogen-bond acceptors (Lipinski definition) is 3. The molecule has 0 aromatic rings. The summed E-state index contributed by atoms with van der Waals surface area (Å²) in [6.07, 6.45) is 31.0. The van der Waals surface area contributed by atoms with E-state index < -0.39 is 0 Å². The van der Waals surface area contributed by atoms with Crippen molar-refractivity contribution >= 4 is 0 Å². The van der Waals surface area contributed by atoms with E-state index in [1.54, 1.807) is 0 Å². The normalized spacial score (nSPS) is 13.5. The molecule has 0 fully saturated rings. The van der Waals surface area contributed by atoms with E-state index in [-0.39, 0.29) is 6.04 Å². The minimum Gasteiger partial charge on any atom is -0.381 e. The maximum absolute atomic E-state index is 6.45. The Labute approximate surface area is 209 Å². The Kier molecular flexibility index (Phi) is 28.0. The predicted molar refractivity (Wildman–Crippen MR) is 149 cm³/mol. The van der Waals surface area contributed by atoms with Gasteiger partial charge in [-0.3, -0.25) is 0 Å². The second-order valence-electron chi connectivity index (χ2n) is 10.6. The second kappa shape index (κ2) is 28.1. The summed E-state index contributed by atoms with van der Waals surface area (Å²) in [6, 6.07) is 0.245. The van der Waals surface area contributed by atoms with Crippen LogP contribution in [-0.2, 0) is 4.74 Å². The third-order valence-corrected chi connectivity index (χ3v) is 7.31. The Balaban J connectivity index is 3.37. The van der Waals surface area contributed by atoms with Gasteiger partial charge >= 0.3 is 0 Å². The number of unbranched alkanes of at least 4 members (excludes halogenated alkanes) is 18. The van der Waals surface area contributed by atoms with E-state index in [9.17, 15) is 0 Å². The Morgan fingerprint density at radius 1 is 0.485 bits per heavy atom. The van der Waals surface area contributed by atoms with Gasteiger partial charge in [-0.05, 0) is 38.1 Å². The van der Waals surface area contributed by atoms with Crippen molar-refractivity contribution in [2.24, 2.45) is 17.4 Å². The van der Waals surface area contributed by atoms with Gasteiger partial charge in [0.15, 0.2) is 0 Å². The van der Waals surface area contributed by atoms with Gasteiger partial charge in [0.05, 0.1) is 0 Å². The molecule has 0 aromatic carbocycles. The van der Waals surface area contributed by atoms with Crippen LogP contribution >= 0.6 is 0 Å². The molecule has 33 heavy (non-hydrogen) atoms. The van der Waals surface area contributed by atoms with Gasteiger partial charge in [0.25, 0.3) is 0 Å². The SMILES string of the molecule is CCCCCCCCCCCCCCOCCCC(N)C(CN)CCCCCCCCCC. The van der Waals surface area contributed by atoms with Crippen LogP contribution in [0.3, 0.4) is 0 Å². The van der Waals surface area contributed by atoms with Gasteiger partial charge in [0.1, 0.15) is 0 Å². The first-order valence-corrected chi connectivity index (χ1v) is 15.3. The molecule has 0 aliphatic rings. The van der Waals surface area contributed by atoms with Gasteiger partial charge in [-0.25, -0.2) is 0 Å². The van der Waals surface area contributed by atoms with Crippen molar-refractivity contribution in [2.45, 2.75) is 168 Å². The molecule has 4 N–H and O–H groups in total. The average molecular weight is 469 g/mol. The summed E-state index contributed by atoms with van der Waals surface area (Å²) in [6.45, 7) is 7.09. The zero-order valence-corrected chi connectivity index (χ0v) is 23.1. The van der Waals surface area contributed by atoms with Crippen molar-refractivity contribution in [3.63, 3.8) is 0 Å². The molecule has 0 aliphatic heterocycles. The van der Waals surface area contributed by atoms with Crippen LogP contribution in [0.15, 0.2) is 0 Å². The van der Waals surface area contributed by atoms with E-state index in [0.29, 0.717) is 5.92 Å². The molecule has 0 spiro atoms. The maximum atomic E-state index is 6.45. The quantitative estimate of drug-likeness (QED) is 0.113. The summed E-state index contributed by atoms with van der Waals surface area (Å²) in [5.41, 5.74) is 12.5.